The van der Waals surface area contributed by atoms with Gasteiger partial charge in [-0.1, -0.05) is 24.1 Å². The van der Waals surface area contributed by atoms with Crippen LogP contribution in [-0.4, -0.2) is 76.8 Å². The molecule has 2 aromatic rings. The van der Waals surface area contributed by atoms with Crippen molar-refractivity contribution in [2.45, 2.75) is 63.8 Å². The lowest BCUT2D eigenvalue weighted by Crippen LogP contribution is -2.48. The van der Waals surface area contributed by atoms with Crippen LogP contribution in [0.2, 0.25) is 5.02 Å². The molecule has 0 saturated carbocycles. The van der Waals surface area contributed by atoms with E-state index in [1.54, 1.807) is 12.1 Å². The Morgan fingerprint density at radius 3 is 2.19 bits per heavy atom. The summed E-state index contributed by atoms with van der Waals surface area (Å²) >= 11 is 6.09. The molecule has 0 N–H and O–H groups in total. The highest BCUT2D eigenvalue weighted by Gasteiger charge is 2.32. The number of carbonyl (C=O) groups is 2. The van der Waals surface area contributed by atoms with Crippen LogP contribution in [0.4, 0.5) is 0 Å². The lowest BCUT2D eigenvalue weighted by atomic mass is 9.89. The topological polar surface area (TPSA) is 56.8 Å². The first-order valence-electron chi connectivity index (χ1n) is 13.6. The van der Waals surface area contributed by atoms with E-state index < -0.39 is 0 Å². The second kappa shape index (κ2) is 11.3. The molecule has 6 nitrogen and oxygen atoms in total. The predicted molar refractivity (Wildman–Crippen MR) is 143 cm³/mol. The highest BCUT2D eigenvalue weighted by Crippen LogP contribution is 2.31. The number of amides is 2. The van der Waals surface area contributed by atoms with Crippen LogP contribution in [0.3, 0.4) is 0 Å². The number of hydrogen-bond donors (Lipinski definition) is 0. The summed E-state index contributed by atoms with van der Waals surface area (Å²) in [5.74, 6) is 0.311. The molecule has 1 aromatic carbocycles. The SMILES string of the molecule is Cc1ccc(C(=O)N2CCC(N3CCCCC3)CC2)c(C2CCN(C(=O)c3cccc(Cl)c3)CC2)n1. The number of halogens is 1. The molecule has 4 heterocycles. The molecule has 36 heavy (non-hydrogen) atoms. The fourth-order valence-electron chi connectivity index (χ4n) is 6.12. The van der Waals surface area contributed by atoms with Crippen molar-refractivity contribution in [1.82, 2.24) is 19.7 Å². The lowest BCUT2D eigenvalue weighted by molar-refractivity contribution is 0.0585. The maximum Gasteiger partial charge on any atom is 0.255 e. The number of likely N-dealkylation sites (tertiary alicyclic amines) is 3. The Bertz CT molecular complexity index is 1080. The van der Waals surface area contributed by atoms with Gasteiger partial charge in [0.2, 0.25) is 0 Å². The van der Waals surface area contributed by atoms with Crippen LogP contribution in [0.15, 0.2) is 36.4 Å². The summed E-state index contributed by atoms with van der Waals surface area (Å²) in [4.78, 5) is 38.0. The molecule has 0 spiro atoms. The minimum absolute atomic E-state index is 0.0148. The molecule has 3 fully saturated rings. The van der Waals surface area contributed by atoms with Crippen molar-refractivity contribution >= 4 is 23.4 Å². The Balaban J connectivity index is 1.23. The zero-order chi connectivity index (χ0) is 25.1. The summed E-state index contributed by atoms with van der Waals surface area (Å²) in [5, 5.41) is 0.572. The highest BCUT2D eigenvalue weighted by molar-refractivity contribution is 6.30. The Morgan fingerprint density at radius 1 is 0.833 bits per heavy atom. The van der Waals surface area contributed by atoms with Gasteiger partial charge >= 0.3 is 0 Å². The fourth-order valence-corrected chi connectivity index (χ4v) is 6.31. The summed E-state index contributed by atoms with van der Waals surface area (Å²) in [6.45, 7) is 7.35. The molecule has 3 aliphatic rings. The van der Waals surface area contributed by atoms with Crippen LogP contribution < -0.4 is 0 Å². The molecule has 3 saturated heterocycles. The Morgan fingerprint density at radius 2 is 1.50 bits per heavy atom. The summed E-state index contributed by atoms with van der Waals surface area (Å²) < 4.78 is 0. The molecule has 0 unspecified atom stereocenters. The first kappa shape index (κ1) is 25.2. The minimum Gasteiger partial charge on any atom is -0.339 e. The summed E-state index contributed by atoms with van der Waals surface area (Å²) in [7, 11) is 0. The molecular weight excluding hydrogens is 472 g/mol. The van der Waals surface area contributed by atoms with E-state index in [1.165, 1.54) is 32.4 Å². The quantitative estimate of drug-likeness (QED) is 0.573. The molecular formula is C29H37ClN4O2. The number of aromatic nitrogens is 1. The monoisotopic (exact) mass is 508 g/mol. The zero-order valence-electron chi connectivity index (χ0n) is 21.3. The number of nitrogens with zero attached hydrogens (tertiary/aromatic N) is 4. The number of piperidine rings is 3. The average Bonchev–Trinajstić information content (AvgIpc) is 2.93. The van der Waals surface area contributed by atoms with Gasteiger partial charge in [-0.3, -0.25) is 14.6 Å². The van der Waals surface area contributed by atoms with E-state index in [1.807, 2.05) is 41.0 Å². The number of pyridine rings is 1. The first-order valence-corrected chi connectivity index (χ1v) is 13.9. The van der Waals surface area contributed by atoms with E-state index in [0.29, 0.717) is 29.7 Å². The van der Waals surface area contributed by atoms with Crippen LogP contribution in [0, 0.1) is 6.92 Å². The third-order valence-electron chi connectivity index (χ3n) is 8.19. The molecule has 2 amide bonds. The van der Waals surface area contributed by atoms with Crippen molar-refractivity contribution < 1.29 is 9.59 Å². The van der Waals surface area contributed by atoms with E-state index >= 15 is 0 Å². The minimum atomic E-state index is 0.0148. The second-order valence-corrected chi connectivity index (χ2v) is 11.0. The normalized spacial score (nSPS) is 20.5. The van der Waals surface area contributed by atoms with Crippen LogP contribution in [0.25, 0.3) is 0 Å². The number of benzene rings is 1. The van der Waals surface area contributed by atoms with E-state index in [-0.39, 0.29) is 17.7 Å². The number of rotatable bonds is 4. The Kier molecular flexibility index (Phi) is 7.92. The molecule has 3 aliphatic heterocycles. The molecule has 0 radical (unpaired) electrons. The van der Waals surface area contributed by atoms with Crippen LogP contribution in [0.5, 0.6) is 0 Å². The third kappa shape index (κ3) is 5.60. The second-order valence-electron chi connectivity index (χ2n) is 10.6. The molecule has 192 valence electrons. The Hall–Kier alpha value is -2.44. The van der Waals surface area contributed by atoms with Crippen molar-refractivity contribution in [3.05, 3.63) is 63.9 Å². The molecule has 0 aliphatic carbocycles. The van der Waals surface area contributed by atoms with E-state index in [0.717, 1.165) is 55.7 Å². The lowest BCUT2D eigenvalue weighted by Gasteiger charge is -2.40. The smallest absolute Gasteiger partial charge is 0.255 e. The van der Waals surface area contributed by atoms with Crippen molar-refractivity contribution in [2.24, 2.45) is 0 Å². The molecule has 5 rings (SSSR count). The first-order chi connectivity index (χ1) is 17.5. The maximum atomic E-state index is 13.6. The maximum absolute atomic E-state index is 13.6. The number of aryl methyl sites for hydroxylation is 1. The summed E-state index contributed by atoms with van der Waals surface area (Å²) in [6.07, 6.45) is 7.70. The Labute approximate surface area is 219 Å². The van der Waals surface area contributed by atoms with E-state index in [2.05, 4.69) is 4.90 Å². The van der Waals surface area contributed by atoms with Crippen molar-refractivity contribution in [1.29, 1.82) is 0 Å². The van der Waals surface area contributed by atoms with Crippen LogP contribution >= 0.6 is 11.6 Å². The van der Waals surface area contributed by atoms with Crippen LogP contribution in [-0.2, 0) is 0 Å². The van der Waals surface area contributed by atoms with Crippen molar-refractivity contribution in [2.75, 3.05) is 39.3 Å². The van der Waals surface area contributed by atoms with Gasteiger partial charge in [0.05, 0.1) is 11.3 Å². The molecule has 0 atom stereocenters. The fraction of sp³-hybridized carbons (Fsp3) is 0.552. The van der Waals surface area contributed by atoms with Gasteiger partial charge in [-0.15, -0.1) is 0 Å². The van der Waals surface area contributed by atoms with Gasteiger partial charge in [-0.2, -0.15) is 0 Å². The van der Waals surface area contributed by atoms with Gasteiger partial charge < -0.3 is 14.7 Å². The van der Waals surface area contributed by atoms with E-state index in [4.69, 9.17) is 16.6 Å². The summed E-state index contributed by atoms with van der Waals surface area (Å²) in [5.41, 5.74) is 3.21. The largest absolute Gasteiger partial charge is 0.339 e. The van der Waals surface area contributed by atoms with Crippen molar-refractivity contribution in [3.8, 4) is 0 Å². The number of hydrogen-bond acceptors (Lipinski definition) is 4. The third-order valence-corrected chi connectivity index (χ3v) is 8.43. The predicted octanol–water partition coefficient (Wildman–Crippen LogP) is 5.15. The van der Waals surface area contributed by atoms with Gasteiger partial charge in [0.25, 0.3) is 11.8 Å². The summed E-state index contributed by atoms with van der Waals surface area (Å²) in [6, 6.07) is 11.7. The average molecular weight is 509 g/mol. The zero-order valence-corrected chi connectivity index (χ0v) is 22.1. The van der Waals surface area contributed by atoms with Crippen LogP contribution in [0.1, 0.15) is 83.0 Å². The molecule has 1 aromatic heterocycles. The molecule has 7 heteroatoms. The van der Waals surface area contributed by atoms with Crippen molar-refractivity contribution in [3.63, 3.8) is 0 Å². The molecule has 0 bridgehead atoms. The standard InChI is InChI=1S/C29H37ClN4O2/c1-21-8-9-26(29(36)34-18-12-25(13-19-34)32-14-3-2-4-15-32)27(31-21)22-10-16-33(17-11-22)28(35)23-6-5-7-24(30)20-23/h5-9,20,22,25H,2-4,10-19H2,1H3. The van der Waals surface area contributed by atoms with Gasteiger partial charge in [0.15, 0.2) is 0 Å². The van der Waals surface area contributed by atoms with Gasteiger partial charge in [0.1, 0.15) is 0 Å². The van der Waals surface area contributed by atoms with Gasteiger partial charge in [-0.25, -0.2) is 0 Å². The van der Waals surface area contributed by atoms with E-state index in [9.17, 15) is 9.59 Å². The van der Waals surface area contributed by atoms with Gasteiger partial charge in [0, 0.05) is 54.4 Å². The van der Waals surface area contributed by atoms with Gasteiger partial charge in [-0.05, 0) is 88.9 Å². The number of carbonyl (C=O) groups excluding carboxylic acids is 2. The highest BCUT2D eigenvalue weighted by atomic mass is 35.5.